The van der Waals surface area contributed by atoms with Gasteiger partial charge in [-0.15, -0.1) is 10.2 Å². The Bertz CT molecular complexity index is 642. The molecule has 0 saturated heterocycles. The van der Waals surface area contributed by atoms with Crippen LogP contribution in [0.3, 0.4) is 0 Å². The van der Waals surface area contributed by atoms with Gasteiger partial charge in [0.25, 0.3) is 0 Å². The van der Waals surface area contributed by atoms with Gasteiger partial charge >= 0.3 is 0 Å². The number of rotatable bonds is 9. The molecule has 0 amide bonds. The highest BCUT2D eigenvalue weighted by Crippen LogP contribution is 2.28. The van der Waals surface area contributed by atoms with Crippen LogP contribution in [-0.2, 0) is 12.3 Å². The van der Waals surface area contributed by atoms with Gasteiger partial charge in [0.2, 0.25) is 0 Å². The van der Waals surface area contributed by atoms with Gasteiger partial charge in [-0.25, -0.2) is 0 Å². The second kappa shape index (κ2) is 9.59. The summed E-state index contributed by atoms with van der Waals surface area (Å²) in [4.78, 5) is 2.23. The molecule has 1 aromatic heterocycles. The lowest BCUT2D eigenvalue weighted by molar-refractivity contribution is 0.270. The molecule has 132 valence electrons. The Balaban J connectivity index is 2.20. The first-order valence-electron chi connectivity index (χ1n) is 8.53. The molecule has 0 spiro atoms. The fraction of sp³-hybridized carbons (Fsp3) is 0.556. The first-order valence-corrected chi connectivity index (χ1v) is 10.3. The van der Waals surface area contributed by atoms with Crippen molar-refractivity contribution in [2.24, 2.45) is 0 Å². The van der Waals surface area contributed by atoms with Crippen LogP contribution >= 0.6 is 27.7 Å². The van der Waals surface area contributed by atoms with Gasteiger partial charge in [0, 0.05) is 16.8 Å². The molecule has 0 radical (unpaired) electrons. The molecule has 24 heavy (non-hydrogen) atoms. The van der Waals surface area contributed by atoms with Crippen LogP contribution in [0.2, 0.25) is 0 Å². The van der Waals surface area contributed by atoms with Crippen molar-refractivity contribution in [3.05, 3.63) is 40.1 Å². The largest absolute Gasteiger partial charge is 0.305 e. The van der Waals surface area contributed by atoms with E-state index in [0.29, 0.717) is 6.04 Å². The summed E-state index contributed by atoms with van der Waals surface area (Å²) in [5.74, 6) is 2.00. The Morgan fingerprint density at radius 3 is 2.67 bits per heavy atom. The van der Waals surface area contributed by atoms with Crippen molar-refractivity contribution in [2.75, 3.05) is 14.1 Å². The lowest BCUT2D eigenvalue weighted by Gasteiger charge is -2.23. The van der Waals surface area contributed by atoms with Crippen molar-refractivity contribution in [1.29, 1.82) is 0 Å². The zero-order chi connectivity index (χ0) is 17.5. The summed E-state index contributed by atoms with van der Waals surface area (Å²) in [7, 11) is 4.22. The molecule has 1 unspecified atom stereocenters. The van der Waals surface area contributed by atoms with Gasteiger partial charge in [-0.2, -0.15) is 0 Å². The van der Waals surface area contributed by atoms with Crippen molar-refractivity contribution in [1.82, 2.24) is 19.7 Å². The molecule has 0 aliphatic heterocycles. The fourth-order valence-corrected chi connectivity index (χ4v) is 4.09. The lowest BCUT2D eigenvalue weighted by atomic mass is 10.2. The molecule has 2 rings (SSSR count). The summed E-state index contributed by atoms with van der Waals surface area (Å²) in [6.07, 6.45) is 3.36. The quantitative estimate of drug-likeness (QED) is 0.535. The molecule has 1 heterocycles. The molecule has 0 aliphatic carbocycles. The molecule has 1 aromatic carbocycles. The second-order valence-electron chi connectivity index (χ2n) is 6.15. The van der Waals surface area contributed by atoms with E-state index >= 15 is 0 Å². The van der Waals surface area contributed by atoms with E-state index < -0.39 is 0 Å². The third-order valence-corrected chi connectivity index (χ3v) is 5.58. The van der Waals surface area contributed by atoms with Crippen LogP contribution in [0.4, 0.5) is 0 Å². The van der Waals surface area contributed by atoms with Crippen molar-refractivity contribution in [3.8, 4) is 0 Å². The zero-order valence-corrected chi connectivity index (χ0v) is 17.4. The molecule has 0 aliphatic rings. The number of benzene rings is 1. The maximum atomic E-state index is 4.53. The summed E-state index contributed by atoms with van der Waals surface area (Å²) in [5, 5.41) is 10.1. The van der Waals surface area contributed by atoms with E-state index in [4.69, 9.17) is 0 Å². The average Bonchev–Trinajstić information content (AvgIpc) is 2.94. The van der Waals surface area contributed by atoms with E-state index in [2.05, 4.69) is 87.8 Å². The molecular formula is C18H27BrN4S. The van der Waals surface area contributed by atoms with Crippen LogP contribution < -0.4 is 0 Å². The standard InChI is InChI=1S/C18H27BrN4S/c1-5-7-11-23-17(16(6-2)22(3)4)20-21-18(23)24-13-14-9-8-10-15(19)12-14/h8-10,12,16H,5-7,11,13H2,1-4H3. The van der Waals surface area contributed by atoms with E-state index in [0.717, 1.165) is 40.6 Å². The lowest BCUT2D eigenvalue weighted by Crippen LogP contribution is -2.23. The highest BCUT2D eigenvalue weighted by atomic mass is 79.9. The molecule has 0 N–H and O–H groups in total. The molecule has 4 nitrogen and oxygen atoms in total. The Morgan fingerprint density at radius 1 is 1.25 bits per heavy atom. The Labute approximate surface area is 158 Å². The van der Waals surface area contributed by atoms with Gasteiger partial charge in [-0.05, 0) is 44.6 Å². The predicted molar refractivity (Wildman–Crippen MR) is 105 cm³/mol. The SMILES string of the molecule is CCCCn1c(SCc2cccc(Br)c2)nnc1C(CC)N(C)C. The van der Waals surface area contributed by atoms with E-state index in [-0.39, 0.29) is 0 Å². The Kier molecular flexibility index (Phi) is 7.78. The molecular weight excluding hydrogens is 384 g/mol. The fourth-order valence-electron chi connectivity index (χ4n) is 2.73. The Morgan fingerprint density at radius 2 is 2.04 bits per heavy atom. The van der Waals surface area contributed by atoms with E-state index in [9.17, 15) is 0 Å². The molecule has 1 atom stereocenters. The summed E-state index contributed by atoms with van der Waals surface area (Å²) < 4.78 is 3.44. The highest BCUT2D eigenvalue weighted by Gasteiger charge is 2.21. The number of hydrogen-bond acceptors (Lipinski definition) is 4. The van der Waals surface area contributed by atoms with Crippen LogP contribution in [-0.4, -0.2) is 33.8 Å². The van der Waals surface area contributed by atoms with E-state index in [1.54, 1.807) is 11.8 Å². The topological polar surface area (TPSA) is 34.0 Å². The van der Waals surface area contributed by atoms with Gasteiger partial charge in [-0.1, -0.05) is 60.1 Å². The monoisotopic (exact) mass is 410 g/mol. The normalized spacial score (nSPS) is 12.8. The zero-order valence-electron chi connectivity index (χ0n) is 15.0. The number of unbranched alkanes of at least 4 members (excludes halogenated alkanes) is 1. The first kappa shape index (κ1) is 19.5. The van der Waals surface area contributed by atoms with Crippen LogP contribution in [0.1, 0.15) is 50.5 Å². The van der Waals surface area contributed by atoms with Crippen LogP contribution in [0.25, 0.3) is 0 Å². The second-order valence-corrected chi connectivity index (χ2v) is 8.01. The average molecular weight is 411 g/mol. The van der Waals surface area contributed by atoms with Crippen molar-refractivity contribution < 1.29 is 0 Å². The minimum atomic E-state index is 0.314. The first-order chi connectivity index (χ1) is 11.6. The molecule has 6 heteroatoms. The third-order valence-electron chi connectivity index (χ3n) is 4.05. The predicted octanol–water partition coefficient (Wildman–Crippen LogP) is 5.15. The molecule has 0 saturated carbocycles. The third kappa shape index (κ3) is 5.07. The van der Waals surface area contributed by atoms with Gasteiger partial charge < -0.3 is 4.57 Å². The summed E-state index contributed by atoms with van der Waals surface area (Å²) >= 11 is 5.31. The van der Waals surface area contributed by atoms with Crippen LogP contribution in [0, 0.1) is 0 Å². The minimum absolute atomic E-state index is 0.314. The molecule has 2 aromatic rings. The number of hydrogen-bond donors (Lipinski definition) is 0. The van der Waals surface area contributed by atoms with Crippen molar-refractivity contribution in [3.63, 3.8) is 0 Å². The van der Waals surface area contributed by atoms with Gasteiger partial charge in [0.15, 0.2) is 11.0 Å². The number of halogens is 1. The number of thioether (sulfide) groups is 1. The molecule has 0 bridgehead atoms. The highest BCUT2D eigenvalue weighted by molar-refractivity contribution is 9.10. The van der Waals surface area contributed by atoms with Gasteiger partial charge in [-0.3, -0.25) is 4.90 Å². The van der Waals surface area contributed by atoms with Crippen molar-refractivity contribution >= 4 is 27.7 Å². The van der Waals surface area contributed by atoms with Gasteiger partial charge in [0.1, 0.15) is 0 Å². The summed E-state index contributed by atoms with van der Waals surface area (Å²) in [5.41, 5.74) is 1.29. The minimum Gasteiger partial charge on any atom is -0.305 e. The van der Waals surface area contributed by atoms with Gasteiger partial charge in [0.05, 0.1) is 6.04 Å². The van der Waals surface area contributed by atoms with Crippen LogP contribution in [0.5, 0.6) is 0 Å². The van der Waals surface area contributed by atoms with E-state index in [1.165, 1.54) is 12.0 Å². The van der Waals surface area contributed by atoms with E-state index in [1.807, 2.05) is 0 Å². The van der Waals surface area contributed by atoms with Crippen molar-refractivity contribution in [2.45, 2.75) is 56.6 Å². The number of nitrogens with zero attached hydrogens (tertiary/aromatic N) is 4. The summed E-state index contributed by atoms with van der Waals surface area (Å²) in [6, 6.07) is 8.76. The Hall–Kier alpha value is -0.850. The maximum Gasteiger partial charge on any atom is 0.191 e. The van der Waals surface area contributed by atoms with Crippen LogP contribution in [0.15, 0.2) is 33.9 Å². The maximum absolute atomic E-state index is 4.53. The smallest absolute Gasteiger partial charge is 0.191 e. The summed E-state index contributed by atoms with van der Waals surface area (Å²) in [6.45, 7) is 5.42. The number of aromatic nitrogens is 3. The molecule has 0 fully saturated rings.